The maximum atomic E-state index is 13.1. The van der Waals surface area contributed by atoms with E-state index in [-0.39, 0.29) is 17.5 Å². The first-order chi connectivity index (χ1) is 10.8. The van der Waals surface area contributed by atoms with Gasteiger partial charge in [0.25, 0.3) is 0 Å². The number of hydrogen-bond donors (Lipinski definition) is 1. The Morgan fingerprint density at radius 3 is 2.18 bits per heavy atom. The zero-order valence-corrected chi connectivity index (χ0v) is 12.7. The lowest BCUT2D eigenvalue weighted by atomic mass is 9.73. The molecule has 0 saturated heterocycles. The number of carbonyl (C=O) groups is 1. The van der Waals surface area contributed by atoms with Crippen LogP contribution in [-0.4, -0.2) is 10.9 Å². The van der Waals surface area contributed by atoms with Gasteiger partial charge >= 0.3 is 0 Å². The van der Waals surface area contributed by atoms with Gasteiger partial charge in [-0.15, -0.1) is 0 Å². The van der Waals surface area contributed by atoms with Gasteiger partial charge in [-0.2, -0.15) is 0 Å². The highest BCUT2D eigenvalue weighted by molar-refractivity contribution is 6.01. The first-order valence-corrected chi connectivity index (χ1v) is 8.14. The van der Waals surface area contributed by atoms with E-state index in [4.69, 9.17) is 0 Å². The Bertz CT molecular complexity index is 610. The van der Waals surface area contributed by atoms with Gasteiger partial charge in [-0.05, 0) is 48.6 Å². The van der Waals surface area contributed by atoms with Crippen LogP contribution in [0.25, 0.3) is 0 Å². The molecule has 1 aliphatic carbocycles. The van der Waals surface area contributed by atoms with Crippen LogP contribution >= 0.6 is 0 Å². The first-order valence-electron chi connectivity index (χ1n) is 8.14. The number of hydrogen-bond acceptors (Lipinski definition) is 2. The third-order valence-corrected chi connectivity index (χ3v) is 4.71. The van der Waals surface area contributed by atoms with Crippen molar-refractivity contribution in [1.29, 1.82) is 0 Å². The molecule has 1 atom stereocenters. The lowest BCUT2D eigenvalue weighted by molar-refractivity contribution is 0.0913. The molecule has 0 spiro atoms. The number of phenolic OH excluding ortho intramolecular Hbond substituents is 1. The van der Waals surface area contributed by atoms with Gasteiger partial charge in [0.15, 0.2) is 5.78 Å². The largest absolute Gasteiger partial charge is 0.508 e. The highest BCUT2D eigenvalue weighted by Crippen LogP contribution is 2.38. The van der Waals surface area contributed by atoms with Crippen molar-refractivity contribution in [2.45, 2.75) is 38.0 Å². The Labute approximate surface area is 131 Å². The normalized spacial score (nSPS) is 17.1. The van der Waals surface area contributed by atoms with Crippen molar-refractivity contribution in [3.05, 3.63) is 65.7 Å². The summed E-state index contributed by atoms with van der Waals surface area (Å²) in [7, 11) is 0. The van der Waals surface area contributed by atoms with Crippen LogP contribution in [0.1, 0.15) is 53.9 Å². The van der Waals surface area contributed by atoms with Crippen LogP contribution < -0.4 is 0 Å². The van der Waals surface area contributed by atoms with E-state index in [0.717, 1.165) is 18.4 Å². The topological polar surface area (TPSA) is 37.3 Å². The summed E-state index contributed by atoms with van der Waals surface area (Å²) in [6, 6.07) is 16.8. The molecule has 0 radical (unpaired) electrons. The van der Waals surface area contributed by atoms with E-state index in [2.05, 4.69) is 12.1 Å². The molecule has 1 unspecified atom stereocenters. The molecule has 2 heteroatoms. The molecule has 0 amide bonds. The van der Waals surface area contributed by atoms with Gasteiger partial charge in [-0.1, -0.05) is 49.6 Å². The van der Waals surface area contributed by atoms with Crippen LogP contribution in [-0.2, 0) is 0 Å². The molecule has 0 aromatic heterocycles. The van der Waals surface area contributed by atoms with Crippen LogP contribution in [0.5, 0.6) is 5.75 Å². The average molecular weight is 294 g/mol. The van der Waals surface area contributed by atoms with Gasteiger partial charge in [-0.3, -0.25) is 4.79 Å². The standard InChI is InChI=1S/C20H22O2/c21-18-13-11-17(12-14-18)20(22)19(15-7-3-1-4-8-15)16-9-5-2-6-10-16/h1,3-4,7-8,11-14,16,19,21H,2,5-6,9-10H2. The van der Waals surface area contributed by atoms with E-state index >= 15 is 0 Å². The fraction of sp³-hybridized carbons (Fsp3) is 0.350. The van der Waals surface area contributed by atoms with Crippen molar-refractivity contribution in [1.82, 2.24) is 0 Å². The van der Waals surface area contributed by atoms with Crippen LogP contribution in [0.2, 0.25) is 0 Å². The molecule has 22 heavy (non-hydrogen) atoms. The predicted octanol–water partition coefficient (Wildman–Crippen LogP) is 4.94. The van der Waals surface area contributed by atoms with E-state index in [1.807, 2.05) is 18.2 Å². The molecule has 2 aromatic rings. The molecule has 0 aliphatic heterocycles. The first kappa shape index (κ1) is 14.8. The molecular weight excluding hydrogens is 272 g/mol. The van der Waals surface area contributed by atoms with Gasteiger partial charge in [0.05, 0.1) is 5.92 Å². The molecule has 0 heterocycles. The zero-order valence-electron chi connectivity index (χ0n) is 12.7. The number of ketones is 1. The number of aromatic hydroxyl groups is 1. The summed E-state index contributed by atoms with van der Waals surface area (Å²) in [5.41, 5.74) is 1.81. The third-order valence-electron chi connectivity index (χ3n) is 4.71. The number of benzene rings is 2. The minimum Gasteiger partial charge on any atom is -0.508 e. The lowest BCUT2D eigenvalue weighted by Crippen LogP contribution is -2.24. The second-order valence-electron chi connectivity index (χ2n) is 6.20. The Kier molecular flexibility index (Phi) is 4.57. The summed E-state index contributed by atoms with van der Waals surface area (Å²) in [4.78, 5) is 13.1. The molecular formula is C20H22O2. The van der Waals surface area contributed by atoms with Crippen molar-refractivity contribution in [2.75, 3.05) is 0 Å². The van der Waals surface area contributed by atoms with Crippen LogP contribution in [0, 0.1) is 5.92 Å². The third kappa shape index (κ3) is 3.22. The Morgan fingerprint density at radius 2 is 1.55 bits per heavy atom. The minimum absolute atomic E-state index is 0.0638. The van der Waals surface area contributed by atoms with Gasteiger partial charge in [0.2, 0.25) is 0 Å². The molecule has 1 saturated carbocycles. The number of Topliss-reactive ketones (excluding diaryl/α,β-unsaturated/α-hetero) is 1. The molecule has 1 fully saturated rings. The van der Waals surface area contributed by atoms with Gasteiger partial charge in [0, 0.05) is 5.56 Å². The molecule has 114 valence electrons. The second-order valence-corrected chi connectivity index (χ2v) is 6.20. The summed E-state index contributed by atoms with van der Waals surface area (Å²) in [5, 5.41) is 9.43. The summed E-state index contributed by atoms with van der Waals surface area (Å²) >= 11 is 0. The van der Waals surface area contributed by atoms with E-state index in [1.165, 1.54) is 19.3 Å². The van der Waals surface area contributed by atoms with Crippen molar-refractivity contribution in [2.24, 2.45) is 5.92 Å². The summed E-state index contributed by atoms with van der Waals surface area (Å²) in [5.74, 6) is 0.743. The van der Waals surface area contributed by atoms with E-state index in [0.29, 0.717) is 11.5 Å². The molecule has 0 bridgehead atoms. The van der Waals surface area contributed by atoms with E-state index < -0.39 is 0 Å². The summed E-state index contributed by atoms with van der Waals surface area (Å²) in [6.07, 6.45) is 5.98. The van der Waals surface area contributed by atoms with Gasteiger partial charge < -0.3 is 5.11 Å². The smallest absolute Gasteiger partial charge is 0.170 e. The molecule has 1 N–H and O–H groups in total. The highest BCUT2D eigenvalue weighted by atomic mass is 16.3. The number of rotatable bonds is 4. The molecule has 2 aromatic carbocycles. The summed E-state index contributed by atoms with van der Waals surface area (Å²) < 4.78 is 0. The Hall–Kier alpha value is -2.09. The fourth-order valence-electron chi connectivity index (χ4n) is 3.57. The SMILES string of the molecule is O=C(c1ccc(O)cc1)C(c1ccccc1)C1CCCCC1. The molecule has 1 aliphatic rings. The average Bonchev–Trinajstić information content (AvgIpc) is 2.57. The number of phenols is 1. The quantitative estimate of drug-likeness (QED) is 0.811. The lowest BCUT2D eigenvalue weighted by Gasteiger charge is -2.29. The predicted molar refractivity (Wildman–Crippen MR) is 88.2 cm³/mol. The number of carbonyl (C=O) groups excluding carboxylic acids is 1. The highest BCUT2D eigenvalue weighted by Gasteiger charge is 2.31. The Balaban J connectivity index is 1.93. The Morgan fingerprint density at radius 1 is 0.909 bits per heavy atom. The maximum Gasteiger partial charge on any atom is 0.170 e. The monoisotopic (exact) mass is 294 g/mol. The van der Waals surface area contributed by atoms with Crippen LogP contribution in [0.4, 0.5) is 0 Å². The van der Waals surface area contributed by atoms with E-state index in [9.17, 15) is 9.90 Å². The fourth-order valence-corrected chi connectivity index (χ4v) is 3.57. The second kappa shape index (κ2) is 6.78. The van der Waals surface area contributed by atoms with Crippen molar-refractivity contribution >= 4 is 5.78 Å². The zero-order chi connectivity index (χ0) is 15.4. The van der Waals surface area contributed by atoms with Gasteiger partial charge in [-0.25, -0.2) is 0 Å². The van der Waals surface area contributed by atoms with Crippen molar-refractivity contribution < 1.29 is 9.90 Å². The summed E-state index contributed by atoms with van der Waals surface area (Å²) in [6.45, 7) is 0. The van der Waals surface area contributed by atoms with E-state index in [1.54, 1.807) is 24.3 Å². The van der Waals surface area contributed by atoms with Crippen LogP contribution in [0.3, 0.4) is 0 Å². The molecule has 3 rings (SSSR count). The van der Waals surface area contributed by atoms with Gasteiger partial charge in [0.1, 0.15) is 5.75 Å². The minimum atomic E-state index is -0.0638. The van der Waals surface area contributed by atoms with Crippen molar-refractivity contribution in [3.63, 3.8) is 0 Å². The van der Waals surface area contributed by atoms with Crippen LogP contribution in [0.15, 0.2) is 54.6 Å². The maximum absolute atomic E-state index is 13.1. The van der Waals surface area contributed by atoms with Crippen molar-refractivity contribution in [3.8, 4) is 5.75 Å². The molecule has 2 nitrogen and oxygen atoms in total.